The third-order valence-electron chi connectivity index (χ3n) is 4.26. The maximum absolute atomic E-state index is 13.5. The second-order valence-corrected chi connectivity index (χ2v) is 6.30. The molecule has 0 saturated heterocycles. The molecule has 1 heterocycles. The van der Waals surface area contributed by atoms with Crippen molar-refractivity contribution in [2.24, 2.45) is 0 Å². The van der Waals surface area contributed by atoms with Crippen LogP contribution in [-0.2, 0) is 6.42 Å². The SMILES string of the molecule is CN(CCOc1ccccc1F)C(=O)NCCc1ccc(-n2cccn2)cc1. The van der Waals surface area contributed by atoms with Crippen LogP contribution in [0.1, 0.15) is 5.56 Å². The Kier molecular flexibility index (Phi) is 6.62. The van der Waals surface area contributed by atoms with Crippen LogP contribution in [-0.4, -0.2) is 47.5 Å². The van der Waals surface area contributed by atoms with Gasteiger partial charge in [-0.2, -0.15) is 5.10 Å². The lowest BCUT2D eigenvalue weighted by atomic mass is 10.1. The van der Waals surface area contributed by atoms with Gasteiger partial charge in [0.05, 0.1) is 12.2 Å². The summed E-state index contributed by atoms with van der Waals surface area (Å²) in [6, 6.07) is 15.9. The molecule has 0 radical (unpaired) electrons. The summed E-state index contributed by atoms with van der Waals surface area (Å²) in [7, 11) is 1.68. The Bertz CT molecular complexity index is 882. The number of ether oxygens (including phenoxy) is 1. The van der Waals surface area contributed by atoms with E-state index in [2.05, 4.69) is 10.4 Å². The molecule has 2 aromatic carbocycles. The van der Waals surface area contributed by atoms with E-state index in [0.29, 0.717) is 13.1 Å². The third kappa shape index (κ3) is 5.33. The molecule has 0 fully saturated rings. The van der Waals surface area contributed by atoms with Gasteiger partial charge in [-0.1, -0.05) is 24.3 Å². The molecule has 0 atom stereocenters. The Labute approximate surface area is 163 Å². The van der Waals surface area contributed by atoms with E-state index < -0.39 is 5.82 Å². The zero-order valence-corrected chi connectivity index (χ0v) is 15.7. The van der Waals surface area contributed by atoms with Gasteiger partial charge in [0.15, 0.2) is 11.6 Å². The van der Waals surface area contributed by atoms with Crippen LogP contribution in [0.2, 0.25) is 0 Å². The van der Waals surface area contributed by atoms with Crippen LogP contribution >= 0.6 is 0 Å². The summed E-state index contributed by atoms with van der Waals surface area (Å²) >= 11 is 0. The first kappa shape index (κ1) is 19.4. The molecule has 2 amide bonds. The number of rotatable bonds is 8. The second kappa shape index (κ2) is 9.55. The number of amides is 2. The van der Waals surface area contributed by atoms with Crippen molar-refractivity contribution in [3.8, 4) is 11.4 Å². The van der Waals surface area contributed by atoms with Gasteiger partial charge in [0.1, 0.15) is 6.61 Å². The van der Waals surface area contributed by atoms with Crippen LogP contribution in [0.3, 0.4) is 0 Å². The van der Waals surface area contributed by atoms with Crippen molar-refractivity contribution < 1.29 is 13.9 Å². The molecule has 0 bridgehead atoms. The number of hydrogen-bond acceptors (Lipinski definition) is 3. The predicted octanol–water partition coefficient (Wildman–Crippen LogP) is 3.27. The lowest BCUT2D eigenvalue weighted by molar-refractivity contribution is 0.194. The zero-order valence-electron chi connectivity index (χ0n) is 15.7. The van der Waals surface area contributed by atoms with Crippen molar-refractivity contribution in [2.45, 2.75) is 6.42 Å². The average Bonchev–Trinajstić information content (AvgIpc) is 3.24. The first-order valence-electron chi connectivity index (χ1n) is 9.09. The molecule has 1 N–H and O–H groups in total. The molecule has 3 rings (SSSR count). The number of carbonyl (C=O) groups is 1. The summed E-state index contributed by atoms with van der Waals surface area (Å²) in [5.74, 6) is -0.219. The Balaban J connectivity index is 1.37. The zero-order chi connectivity index (χ0) is 19.8. The van der Waals surface area contributed by atoms with E-state index in [1.54, 1.807) is 36.1 Å². The summed E-state index contributed by atoms with van der Waals surface area (Å²) in [6.07, 6.45) is 4.35. The molecule has 28 heavy (non-hydrogen) atoms. The molecule has 0 aliphatic carbocycles. The first-order chi connectivity index (χ1) is 13.6. The van der Waals surface area contributed by atoms with Gasteiger partial charge in [-0.15, -0.1) is 0 Å². The van der Waals surface area contributed by atoms with Crippen LogP contribution in [0.5, 0.6) is 5.75 Å². The first-order valence-corrected chi connectivity index (χ1v) is 9.09. The van der Waals surface area contributed by atoms with Crippen LogP contribution in [0.4, 0.5) is 9.18 Å². The average molecular weight is 382 g/mol. The summed E-state index contributed by atoms with van der Waals surface area (Å²) in [5, 5.41) is 7.07. The summed E-state index contributed by atoms with van der Waals surface area (Å²) < 4.78 is 20.6. The number of hydrogen-bond donors (Lipinski definition) is 1. The molecule has 3 aromatic rings. The molecule has 0 saturated carbocycles. The smallest absolute Gasteiger partial charge is 0.317 e. The van der Waals surface area contributed by atoms with Gasteiger partial charge < -0.3 is 15.0 Å². The number of aromatic nitrogens is 2. The standard InChI is InChI=1S/C21H23FN4O2/c1-25(15-16-28-20-6-3-2-5-19(20)22)21(27)23-13-11-17-7-9-18(10-8-17)26-14-4-12-24-26/h2-10,12,14H,11,13,15-16H2,1H3,(H,23,27). The highest BCUT2D eigenvalue weighted by Gasteiger charge is 2.09. The van der Waals surface area contributed by atoms with Gasteiger partial charge in [0.2, 0.25) is 0 Å². The molecular weight excluding hydrogens is 359 g/mol. The van der Waals surface area contributed by atoms with E-state index in [1.165, 1.54) is 11.0 Å². The van der Waals surface area contributed by atoms with Crippen molar-refractivity contribution in [2.75, 3.05) is 26.7 Å². The van der Waals surface area contributed by atoms with E-state index in [1.807, 2.05) is 36.5 Å². The molecule has 0 spiro atoms. The minimum absolute atomic E-state index is 0.190. The summed E-state index contributed by atoms with van der Waals surface area (Å²) in [6.45, 7) is 1.11. The minimum atomic E-state index is -0.409. The van der Waals surface area contributed by atoms with E-state index in [-0.39, 0.29) is 18.4 Å². The number of urea groups is 1. The molecule has 0 aliphatic heterocycles. The topological polar surface area (TPSA) is 59.4 Å². The number of carbonyl (C=O) groups excluding carboxylic acids is 1. The largest absolute Gasteiger partial charge is 0.489 e. The van der Waals surface area contributed by atoms with Gasteiger partial charge in [-0.3, -0.25) is 0 Å². The fraction of sp³-hybridized carbons (Fsp3) is 0.238. The lowest BCUT2D eigenvalue weighted by Gasteiger charge is -2.18. The normalized spacial score (nSPS) is 10.5. The molecular formula is C21H23FN4O2. The van der Waals surface area contributed by atoms with E-state index in [0.717, 1.165) is 17.7 Å². The van der Waals surface area contributed by atoms with Crippen molar-refractivity contribution in [1.82, 2.24) is 20.0 Å². The van der Waals surface area contributed by atoms with E-state index >= 15 is 0 Å². The van der Waals surface area contributed by atoms with Gasteiger partial charge in [0, 0.05) is 26.0 Å². The molecule has 0 aliphatic rings. The van der Waals surface area contributed by atoms with Crippen LogP contribution in [0.15, 0.2) is 67.0 Å². The van der Waals surface area contributed by atoms with Crippen molar-refractivity contribution >= 4 is 6.03 Å². The highest BCUT2D eigenvalue weighted by atomic mass is 19.1. The Morgan fingerprint density at radius 2 is 1.96 bits per heavy atom. The monoisotopic (exact) mass is 382 g/mol. The van der Waals surface area contributed by atoms with Crippen LogP contribution in [0, 0.1) is 5.82 Å². The van der Waals surface area contributed by atoms with Crippen LogP contribution in [0.25, 0.3) is 5.69 Å². The number of nitrogens with zero attached hydrogens (tertiary/aromatic N) is 3. The number of para-hydroxylation sites is 1. The maximum Gasteiger partial charge on any atom is 0.317 e. The number of nitrogens with one attached hydrogen (secondary N) is 1. The number of halogens is 1. The minimum Gasteiger partial charge on any atom is -0.489 e. The van der Waals surface area contributed by atoms with Crippen molar-refractivity contribution in [3.63, 3.8) is 0 Å². The molecule has 146 valence electrons. The molecule has 0 unspecified atom stereocenters. The van der Waals surface area contributed by atoms with Crippen LogP contribution < -0.4 is 10.1 Å². The lowest BCUT2D eigenvalue weighted by Crippen LogP contribution is -2.40. The Morgan fingerprint density at radius 1 is 1.18 bits per heavy atom. The molecule has 6 nitrogen and oxygen atoms in total. The summed E-state index contributed by atoms with van der Waals surface area (Å²) in [4.78, 5) is 13.6. The predicted molar refractivity (Wildman–Crippen MR) is 105 cm³/mol. The maximum atomic E-state index is 13.5. The molecule has 1 aromatic heterocycles. The van der Waals surface area contributed by atoms with Crippen molar-refractivity contribution in [1.29, 1.82) is 0 Å². The summed E-state index contributed by atoms with van der Waals surface area (Å²) in [5.41, 5.74) is 2.12. The van der Waals surface area contributed by atoms with E-state index in [4.69, 9.17) is 4.74 Å². The number of likely N-dealkylation sites (N-methyl/N-ethyl adjacent to an activating group) is 1. The highest BCUT2D eigenvalue weighted by Crippen LogP contribution is 2.15. The van der Waals surface area contributed by atoms with Gasteiger partial charge in [-0.05, 0) is 42.3 Å². The van der Waals surface area contributed by atoms with Crippen molar-refractivity contribution in [3.05, 3.63) is 78.4 Å². The quantitative estimate of drug-likeness (QED) is 0.650. The van der Waals surface area contributed by atoms with Gasteiger partial charge >= 0.3 is 6.03 Å². The van der Waals surface area contributed by atoms with Gasteiger partial charge in [-0.25, -0.2) is 13.9 Å². The Morgan fingerprint density at radius 3 is 2.68 bits per heavy atom. The highest BCUT2D eigenvalue weighted by molar-refractivity contribution is 5.73. The fourth-order valence-electron chi connectivity index (χ4n) is 2.64. The number of benzene rings is 2. The third-order valence-corrected chi connectivity index (χ3v) is 4.26. The second-order valence-electron chi connectivity index (χ2n) is 6.30. The van der Waals surface area contributed by atoms with E-state index in [9.17, 15) is 9.18 Å². The van der Waals surface area contributed by atoms with Gasteiger partial charge in [0.25, 0.3) is 0 Å². The Hall–Kier alpha value is -3.35. The fourth-order valence-corrected chi connectivity index (χ4v) is 2.64. The molecule has 7 heteroatoms.